The summed E-state index contributed by atoms with van der Waals surface area (Å²) in [6, 6.07) is 6.43. The van der Waals surface area contributed by atoms with Crippen LogP contribution >= 0.6 is 34.4 Å². The number of carbonyl (C=O) groups excluding carboxylic acids is 1. The highest BCUT2D eigenvalue weighted by molar-refractivity contribution is 14.1. The Labute approximate surface area is 123 Å². The third kappa shape index (κ3) is 2.64. The maximum atomic E-state index is 12.3. The van der Waals surface area contributed by atoms with Crippen LogP contribution in [0.2, 0.25) is 0 Å². The Morgan fingerprint density at radius 2 is 2.00 bits per heavy atom. The molecule has 0 bridgehead atoms. The number of nitrogens with zero attached hydrogens (tertiary/aromatic N) is 1. The molecule has 0 aliphatic carbocycles. The number of rotatable bonds is 2. The zero-order valence-electron chi connectivity index (χ0n) is 9.67. The molecule has 1 saturated heterocycles. The number of hydrogen-bond acceptors (Lipinski definition) is 3. The summed E-state index contributed by atoms with van der Waals surface area (Å²) in [6.45, 7) is 1.86. The molecule has 2 atom stereocenters. The molecule has 2 unspecified atom stereocenters. The molecule has 1 amide bonds. The van der Waals surface area contributed by atoms with Gasteiger partial charge in [-0.2, -0.15) is 0 Å². The van der Waals surface area contributed by atoms with Crippen molar-refractivity contribution in [3.05, 3.63) is 33.4 Å². The zero-order chi connectivity index (χ0) is 13.3. The first-order valence-electron chi connectivity index (χ1n) is 5.43. The quantitative estimate of drug-likeness (QED) is 0.804. The molecule has 0 saturated carbocycles. The number of carboxylic acids is 1. The number of halogens is 1. The van der Waals surface area contributed by atoms with Crippen molar-refractivity contribution in [3.8, 4) is 0 Å². The van der Waals surface area contributed by atoms with Crippen LogP contribution in [-0.4, -0.2) is 39.1 Å². The summed E-state index contributed by atoms with van der Waals surface area (Å²) in [7, 11) is 0. The minimum absolute atomic E-state index is 0.0992. The molecule has 18 heavy (non-hydrogen) atoms. The van der Waals surface area contributed by atoms with Crippen LogP contribution < -0.4 is 0 Å². The lowest BCUT2D eigenvalue weighted by molar-refractivity contribution is -0.141. The van der Waals surface area contributed by atoms with Crippen molar-refractivity contribution in [1.29, 1.82) is 0 Å². The van der Waals surface area contributed by atoms with Gasteiger partial charge in [-0.25, -0.2) is 4.79 Å². The summed E-state index contributed by atoms with van der Waals surface area (Å²) in [5.41, 5.74) is 0.538. The summed E-state index contributed by atoms with van der Waals surface area (Å²) in [5, 5.41) is 9.03. The smallest absolute Gasteiger partial charge is 0.327 e. The van der Waals surface area contributed by atoms with Gasteiger partial charge in [0.2, 0.25) is 0 Å². The van der Waals surface area contributed by atoms with E-state index in [9.17, 15) is 9.59 Å². The number of aliphatic carboxylic acids is 1. The molecule has 2 rings (SSSR count). The van der Waals surface area contributed by atoms with Crippen LogP contribution in [0.5, 0.6) is 0 Å². The van der Waals surface area contributed by atoms with Gasteiger partial charge >= 0.3 is 5.97 Å². The molecule has 1 heterocycles. The van der Waals surface area contributed by atoms with Crippen LogP contribution in [0.25, 0.3) is 0 Å². The molecule has 96 valence electrons. The summed E-state index contributed by atoms with van der Waals surface area (Å²) < 4.78 is 1.04. The summed E-state index contributed by atoms with van der Waals surface area (Å²) >= 11 is 3.65. The Hall–Kier alpha value is -0.760. The standard InChI is InChI=1S/C12H12INO3S/c1-7-14(10(6-18-7)12(16)17)11(15)8-2-4-9(13)5-3-8/h2-5,7,10H,6H2,1H3,(H,16,17). The summed E-state index contributed by atoms with van der Waals surface area (Å²) in [4.78, 5) is 24.9. The predicted octanol–water partition coefficient (Wildman–Crippen LogP) is 2.28. The van der Waals surface area contributed by atoms with E-state index in [0.29, 0.717) is 11.3 Å². The SMILES string of the molecule is CC1SCC(C(=O)O)N1C(=O)c1ccc(I)cc1. The van der Waals surface area contributed by atoms with Crippen LogP contribution in [-0.2, 0) is 4.79 Å². The highest BCUT2D eigenvalue weighted by Crippen LogP contribution is 2.30. The van der Waals surface area contributed by atoms with E-state index in [1.54, 1.807) is 12.1 Å². The number of carboxylic acid groups (broad SMARTS) is 1. The van der Waals surface area contributed by atoms with Gasteiger partial charge in [-0.1, -0.05) is 0 Å². The van der Waals surface area contributed by atoms with Crippen molar-refractivity contribution in [2.75, 3.05) is 5.75 Å². The van der Waals surface area contributed by atoms with E-state index in [4.69, 9.17) is 5.11 Å². The van der Waals surface area contributed by atoms with E-state index in [1.807, 2.05) is 19.1 Å². The van der Waals surface area contributed by atoms with E-state index in [-0.39, 0.29) is 11.3 Å². The van der Waals surface area contributed by atoms with Crippen LogP contribution in [0.1, 0.15) is 17.3 Å². The Bertz CT molecular complexity index is 477. The molecular weight excluding hydrogens is 365 g/mol. The Kier molecular flexibility index (Phi) is 4.16. The Morgan fingerprint density at radius 1 is 1.39 bits per heavy atom. The fourth-order valence-corrected chi connectivity index (χ4v) is 3.41. The number of carbonyl (C=O) groups is 2. The van der Waals surface area contributed by atoms with Crippen LogP contribution in [0.15, 0.2) is 24.3 Å². The lowest BCUT2D eigenvalue weighted by atomic mass is 10.1. The van der Waals surface area contributed by atoms with Gasteiger partial charge in [0.15, 0.2) is 0 Å². The van der Waals surface area contributed by atoms with Crippen LogP contribution in [0.4, 0.5) is 0 Å². The lowest BCUT2D eigenvalue weighted by Gasteiger charge is -2.25. The van der Waals surface area contributed by atoms with Crippen molar-refractivity contribution in [2.24, 2.45) is 0 Å². The maximum Gasteiger partial charge on any atom is 0.327 e. The monoisotopic (exact) mass is 377 g/mol. The largest absolute Gasteiger partial charge is 0.480 e. The average Bonchev–Trinajstić information content (AvgIpc) is 2.71. The van der Waals surface area contributed by atoms with Gasteiger partial charge < -0.3 is 10.0 Å². The minimum Gasteiger partial charge on any atom is -0.480 e. The molecule has 0 radical (unpaired) electrons. The van der Waals surface area contributed by atoms with E-state index in [1.165, 1.54) is 16.7 Å². The average molecular weight is 377 g/mol. The van der Waals surface area contributed by atoms with Gasteiger partial charge in [-0.05, 0) is 53.8 Å². The molecule has 1 aliphatic heterocycles. The fraction of sp³-hybridized carbons (Fsp3) is 0.333. The van der Waals surface area contributed by atoms with Crippen molar-refractivity contribution in [2.45, 2.75) is 18.3 Å². The molecular formula is C12H12INO3S. The number of benzene rings is 1. The first kappa shape index (κ1) is 13.7. The summed E-state index contributed by atoms with van der Waals surface area (Å²) in [5.74, 6) is -0.700. The molecule has 4 nitrogen and oxygen atoms in total. The Balaban J connectivity index is 2.26. The molecule has 6 heteroatoms. The van der Waals surface area contributed by atoms with Gasteiger partial charge in [0.25, 0.3) is 5.91 Å². The van der Waals surface area contributed by atoms with Crippen LogP contribution in [0, 0.1) is 3.57 Å². The minimum atomic E-state index is -0.939. The fourth-order valence-electron chi connectivity index (χ4n) is 1.88. The van der Waals surface area contributed by atoms with E-state index < -0.39 is 12.0 Å². The number of thioether (sulfide) groups is 1. The van der Waals surface area contributed by atoms with Crippen molar-refractivity contribution >= 4 is 46.2 Å². The van der Waals surface area contributed by atoms with E-state index in [2.05, 4.69) is 22.6 Å². The van der Waals surface area contributed by atoms with Gasteiger partial charge in [0.1, 0.15) is 6.04 Å². The first-order valence-corrected chi connectivity index (χ1v) is 7.56. The molecule has 1 fully saturated rings. The molecule has 0 aromatic heterocycles. The summed E-state index contributed by atoms with van der Waals surface area (Å²) in [6.07, 6.45) is 0. The van der Waals surface area contributed by atoms with Crippen molar-refractivity contribution in [1.82, 2.24) is 4.90 Å². The van der Waals surface area contributed by atoms with Crippen molar-refractivity contribution in [3.63, 3.8) is 0 Å². The molecule has 1 aromatic rings. The van der Waals surface area contributed by atoms with Crippen LogP contribution in [0.3, 0.4) is 0 Å². The van der Waals surface area contributed by atoms with E-state index in [0.717, 1.165) is 3.57 Å². The second kappa shape index (κ2) is 5.48. The zero-order valence-corrected chi connectivity index (χ0v) is 12.6. The molecule has 0 spiro atoms. The Morgan fingerprint density at radius 3 is 2.56 bits per heavy atom. The third-order valence-electron chi connectivity index (χ3n) is 2.83. The van der Waals surface area contributed by atoms with Gasteiger partial charge in [-0.3, -0.25) is 4.79 Å². The lowest BCUT2D eigenvalue weighted by Crippen LogP contribution is -2.44. The highest BCUT2D eigenvalue weighted by Gasteiger charge is 2.39. The normalized spacial score (nSPS) is 23.1. The molecule has 1 N–H and O–H groups in total. The maximum absolute atomic E-state index is 12.3. The van der Waals surface area contributed by atoms with Gasteiger partial charge in [0, 0.05) is 14.9 Å². The second-order valence-electron chi connectivity index (χ2n) is 4.01. The number of amides is 1. The first-order chi connectivity index (χ1) is 8.50. The molecule has 1 aromatic carbocycles. The third-order valence-corrected chi connectivity index (χ3v) is 4.77. The predicted molar refractivity (Wildman–Crippen MR) is 78.7 cm³/mol. The number of hydrogen-bond donors (Lipinski definition) is 1. The topological polar surface area (TPSA) is 57.6 Å². The van der Waals surface area contributed by atoms with Crippen molar-refractivity contribution < 1.29 is 14.7 Å². The highest BCUT2D eigenvalue weighted by atomic mass is 127. The molecule has 1 aliphatic rings. The second-order valence-corrected chi connectivity index (χ2v) is 6.60. The van der Waals surface area contributed by atoms with Gasteiger partial charge in [0.05, 0.1) is 5.37 Å². The van der Waals surface area contributed by atoms with Gasteiger partial charge in [-0.15, -0.1) is 11.8 Å². The van der Waals surface area contributed by atoms with E-state index >= 15 is 0 Å².